The summed E-state index contributed by atoms with van der Waals surface area (Å²) in [5.74, 6) is 0. The quantitative estimate of drug-likeness (QED) is 0.574. The van der Waals surface area contributed by atoms with E-state index in [0.29, 0.717) is 0 Å². The predicted molar refractivity (Wildman–Crippen MR) is 98.8 cm³/mol. The van der Waals surface area contributed by atoms with E-state index >= 15 is 0 Å². The van der Waals surface area contributed by atoms with Gasteiger partial charge in [-0.1, -0.05) is 70.3 Å². The zero-order valence-electron chi connectivity index (χ0n) is 14.9. The van der Waals surface area contributed by atoms with Crippen LogP contribution in [0.2, 0.25) is 18.1 Å². The van der Waals surface area contributed by atoms with Crippen LogP contribution in [0.3, 0.4) is 0 Å². The Bertz CT molecular complexity index is 524. The van der Waals surface area contributed by atoms with E-state index in [1.165, 1.54) is 24.0 Å². The second-order valence-electron chi connectivity index (χ2n) is 8.37. The molecule has 1 nitrogen and oxygen atoms in total. The summed E-state index contributed by atoms with van der Waals surface area (Å²) in [5, 5.41) is 11.5. The number of hydrogen-bond acceptors (Lipinski definition) is 1. The van der Waals surface area contributed by atoms with Crippen molar-refractivity contribution in [1.82, 2.24) is 0 Å². The van der Waals surface area contributed by atoms with Gasteiger partial charge < -0.3 is 5.11 Å². The fourth-order valence-corrected chi connectivity index (χ4v) is 6.38. The highest BCUT2D eigenvalue weighted by Crippen LogP contribution is 2.48. The number of allylic oxidation sites excluding steroid dienone is 1. The second-order valence-corrected chi connectivity index (χ2v) is 13.9. The van der Waals surface area contributed by atoms with Gasteiger partial charge >= 0.3 is 0 Å². The van der Waals surface area contributed by atoms with Crippen LogP contribution in [-0.4, -0.2) is 18.4 Å². The molecule has 0 amide bonds. The molecule has 0 aliphatic heterocycles. The highest BCUT2D eigenvalue weighted by molar-refractivity contribution is 6.83. The summed E-state index contributed by atoms with van der Waals surface area (Å²) in [6.07, 6.45) is 7.78. The van der Waals surface area contributed by atoms with Crippen molar-refractivity contribution in [2.45, 2.75) is 76.2 Å². The van der Waals surface area contributed by atoms with Gasteiger partial charge in [-0.05, 0) is 41.9 Å². The molecule has 0 radical (unpaired) electrons. The number of hydrogen-bond donors (Lipinski definition) is 1. The maximum atomic E-state index is 11.9. The summed E-state index contributed by atoms with van der Waals surface area (Å²) >= 11 is 0. The van der Waals surface area contributed by atoms with E-state index in [1.54, 1.807) is 0 Å². The van der Waals surface area contributed by atoms with Gasteiger partial charge in [-0.3, -0.25) is 0 Å². The fourth-order valence-electron chi connectivity index (χ4n) is 3.46. The maximum Gasteiger partial charge on any atom is 0.0961 e. The van der Waals surface area contributed by atoms with Crippen LogP contribution in [-0.2, 0) is 6.42 Å². The minimum Gasteiger partial charge on any atom is -0.389 e. The van der Waals surface area contributed by atoms with Crippen LogP contribution < -0.4 is 0 Å². The van der Waals surface area contributed by atoms with Crippen LogP contribution in [0.15, 0.2) is 42.0 Å². The van der Waals surface area contributed by atoms with E-state index in [1.807, 2.05) is 0 Å². The van der Waals surface area contributed by atoms with Gasteiger partial charge in [0.1, 0.15) is 0 Å². The first-order valence-electron chi connectivity index (χ1n) is 8.64. The largest absolute Gasteiger partial charge is 0.389 e. The van der Waals surface area contributed by atoms with Crippen molar-refractivity contribution in [3.05, 3.63) is 47.5 Å². The molecule has 1 aliphatic carbocycles. The number of aliphatic hydroxyl groups is 1. The Balaban J connectivity index is 2.47. The zero-order chi connectivity index (χ0) is 16.4. The first kappa shape index (κ1) is 17.5. The molecule has 0 unspecified atom stereocenters. The van der Waals surface area contributed by atoms with Gasteiger partial charge in [0.25, 0.3) is 0 Å². The molecule has 1 N–H and O–H groups in total. The van der Waals surface area contributed by atoms with Gasteiger partial charge in [0.05, 0.1) is 13.3 Å². The van der Waals surface area contributed by atoms with Crippen molar-refractivity contribution >= 4 is 8.07 Å². The molecular formula is C20H32OSi. The lowest BCUT2D eigenvalue weighted by molar-refractivity contribution is 0.141. The van der Waals surface area contributed by atoms with Gasteiger partial charge in [0, 0.05) is 6.42 Å². The summed E-state index contributed by atoms with van der Waals surface area (Å²) < 4.78 is 0. The maximum absolute atomic E-state index is 11.9. The minimum absolute atomic E-state index is 0.162. The van der Waals surface area contributed by atoms with Crippen molar-refractivity contribution in [2.75, 3.05) is 0 Å². The molecule has 1 aromatic rings. The van der Waals surface area contributed by atoms with Gasteiger partial charge in [-0.15, -0.1) is 0 Å². The van der Waals surface area contributed by atoms with Gasteiger partial charge in [0.15, 0.2) is 0 Å². The summed E-state index contributed by atoms with van der Waals surface area (Å²) in [7, 11) is -1.94. The average Bonchev–Trinajstić information content (AvgIpc) is 2.48. The van der Waals surface area contributed by atoms with E-state index in [0.717, 1.165) is 19.3 Å². The lowest BCUT2D eigenvalue weighted by Gasteiger charge is -2.51. The Kier molecular flexibility index (Phi) is 5.03. The van der Waals surface area contributed by atoms with E-state index in [9.17, 15) is 5.11 Å². The van der Waals surface area contributed by atoms with Crippen LogP contribution >= 0.6 is 0 Å². The lowest BCUT2D eigenvalue weighted by Crippen LogP contribution is -2.62. The van der Waals surface area contributed by atoms with Gasteiger partial charge in [-0.25, -0.2) is 0 Å². The Morgan fingerprint density at radius 2 is 1.68 bits per heavy atom. The van der Waals surface area contributed by atoms with Crippen molar-refractivity contribution in [3.63, 3.8) is 0 Å². The molecular weight excluding hydrogens is 284 g/mol. The molecule has 0 bridgehead atoms. The third kappa shape index (κ3) is 3.23. The van der Waals surface area contributed by atoms with Gasteiger partial charge in [-0.2, -0.15) is 0 Å². The molecule has 0 spiro atoms. The van der Waals surface area contributed by atoms with Crippen LogP contribution in [0.1, 0.15) is 52.0 Å². The molecule has 0 saturated heterocycles. The third-order valence-electron chi connectivity index (χ3n) is 6.03. The number of rotatable bonds is 4. The molecule has 1 aliphatic rings. The van der Waals surface area contributed by atoms with E-state index < -0.39 is 13.3 Å². The van der Waals surface area contributed by atoms with Crippen LogP contribution in [0.5, 0.6) is 0 Å². The summed E-state index contributed by atoms with van der Waals surface area (Å²) in [5.41, 5.74) is 2.57. The third-order valence-corrected chi connectivity index (χ3v) is 12.3. The van der Waals surface area contributed by atoms with Crippen molar-refractivity contribution in [3.8, 4) is 0 Å². The van der Waals surface area contributed by atoms with Gasteiger partial charge in [0.2, 0.25) is 0 Å². The van der Waals surface area contributed by atoms with Crippen LogP contribution in [0, 0.1) is 0 Å². The predicted octanol–water partition coefficient (Wildman–Crippen LogP) is 5.51. The lowest BCUT2D eigenvalue weighted by atomic mass is 9.91. The molecule has 1 aromatic carbocycles. The molecule has 2 rings (SSSR count). The van der Waals surface area contributed by atoms with E-state index in [-0.39, 0.29) is 5.04 Å². The van der Waals surface area contributed by atoms with Crippen LogP contribution in [0.4, 0.5) is 0 Å². The first-order chi connectivity index (χ1) is 10.2. The molecule has 2 heteroatoms. The average molecular weight is 317 g/mol. The molecule has 122 valence electrons. The normalized spacial score (nSPS) is 19.5. The minimum atomic E-state index is -1.94. The smallest absolute Gasteiger partial charge is 0.0961 e. The fraction of sp³-hybridized carbons (Fsp3) is 0.600. The Morgan fingerprint density at radius 1 is 1.05 bits per heavy atom. The Morgan fingerprint density at radius 3 is 2.18 bits per heavy atom. The Labute approximate surface area is 137 Å². The summed E-state index contributed by atoms with van der Waals surface area (Å²) in [6.45, 7) is 11.6. The van der Waals surface area contributed by atoms with E-state index in [4.69, 9.17) is 0 Å². The highest BCUT2D eigenvalue weighted by atomic mass is 28.3. The molecule has 0 saturated carbocycles. The molecule has 22 heavy (non-hydrogen) atoms. The molecule has 0 aromatic heterocycles. The summed E-state index contributed by atoms with van der Waals surface area (Å²) in [4.78, 5) is 0. The Hall–Kier alpha value is -0.863. The SMILES string of the molecule is CC(C)(C)[Si](C)(C)[C@](O)(Cc1ccccc1)C1=CCCCC1. The number of benzene rings is 1. The van der Waals surface area contributed by atoms with E-state index in [2.05, 4.69) is 70.3 Å². The van der Waals surface area contributed by atoms with Crippen molar-refractivity contribution in [2.24, 2.45) is 0 Å². The first-order valence-corrected chi connectivity index (χ1v) is 11.6. The topological polar surface area (TPSA) is 20.2 Å². The second kappa shape index (κ2) is 6.33. The molecule has 0 heterocycles. The highest BCUT2D eigenvalue weighted by Gasteiger charge is 2.53. The monoisotopic (exact) mass is 316 g/mol. The van der Waals surface area contributed by atoms with Crippen LogP contribution in [0.25, 0.3) is 0 Å². The standard InChI is InChI=1S/C20H32OSi/c1-19(2,3)22(4,5)20(21,18-14-10-7-11-15-18)16-17-12-8-6-9-13-17/h6,8-9,12-14,21H,7,10-11,15-16H2,1-5H3/t20-/m1/s1. The zero-order valence-corrected chi connectivity index (χ0v) is 15.9. The van der Waals surface area contributed by atoms with Crippen molar-refractivity contribution < 1.29 is 5.11 Å². The molecule has 1 atom stereocenters. The van der Waals surface area contributed by atoms with Crippen molar-refractivity contribution in [1.29, 1.82) is 0 Å². The molecule has 0 fully saturated rings. The summed E-state index contributed by atoms with van der Waals surface area (Å²) in [6, 6.07) is 10.5.